The third-order valence-electron chi connectivity index (χ3n) is 2.96. The van der Waals surface area contributed by atoms with Crippen LogP contribution >= 0.6 is 15.9 Å². The Bertz CT molecular complexity index is 292. The van der Waals surface area contributed by atoms with Crippen LogP contribution in [0.15, 0.2) is 0 Å². The fraction of sp³-hybridized carbons (Fsp3) is 1.00. The van der Waals surface area contributed by atoms with Gasteiger partial charge in [-0.25, -0.2) is 0 Å². The maximum Gasteiger partial charge on any atom is 0.279 e. The van der Waals surface area contributed by atoms with Gasteiger partial charge in [0.1, 0.15) is 0 Å². The zero-order chi connectivity index (χ0) is 11.5. The lowest BCUT2D eigenvalue weighted by molar-refractivity contribution is 0.249. The molecule has 0 aliphatic heterocycles. The summed E-state index contributed by atoms with van der Waals surface area (Å²) in [6.07, 6.45) is 2.96. The number of nitrogens with one attached hydrogen (secondary N) is 1. The zero-order valence-electron chi connectivity index (χ0n) is 9.29. The van der Waals surface area contributed by atoms with E-state index in [1.165, 1.54) is 4.31 Å². The summed E-state index contributed by atoms with van der Waals surface area (Å²) in [5.41, 5.74) is -0.235. The molecule has 0 amide bonds. The van der Waals surface area contributed by atoms with Crippen LogP contribution in [-0.4, -0.2) is 36.7 Å². The van der Waals surface area contributed by atoms with Crippen LogP contribution in [0.4, 0.5) is 0 Å². The average molecular weight is 299 g/mol. The fourth-order valence-electron chi connectivity index (χ4n) is 1.77. The Hall–Kier alpha value is 0.350. The Morgan fingerprint density at radius 3 is 2.13 bits per heavy atom. The Kier molecular flexibility index (Phi) is 4.58. The van der Waals surface area contributed by atoms with Gasteiger partial charge in [-0.05, 0) is 19.3 Å². The van der Waals surface area contributed by atoms with E-state index < -0.39 is 10.2 Å². The van der Waals surface area contributed by atoms with E-state index in [-0.39, 0.29) is 5.54 Å². The molecule has 90 valence electrons. The molecule has 1 rings (SSSR count). The summed E-state index contributed by atoms with van der Waals surface area (Å²) >= 11 is 3.38. The number of nitrogens with zero attached hydrogens (tertiary/aromatic N) is 1. The van der Waals surface area contributed by atoms with Crippen LogP contribution in [0, 0.1) is 0 Å². The molecule has 0 aromatic carbocycles. The molecule has 1 aliphatic rings. The lowest BCUT2D eigenvalue weighted by atomic mass is 9.80. The van der Waals surface area contributed by atoms with Crippen LogP contribution in [0.2, 0.25) is 0 Å². The number of halogens is 1. The van der Waals surface area contributed by atoms with Crippen molar-refractivity contribution in [1.82, 2.24) is 9.03 Å². The summed E-state index contributed by atoms with van der Waals surface area (Å²) in [4.78, 5) is 0. The van der Waals surface area contributed by atoms with Crippen molar-refractivity contribution in [3.8, 4) is 0 Å². The highest BCUT2D eigenvalue weighted by Gasteiger charge is 2.40. The van der Waals surface area contributed by atoms with Crippen molar-refractivity contribution in [3.05, 3.63) is 0 Å². The molecule has 1 N–H and O–H groups in total. The first-order valence-electron chi connectivity index (χ1n) is 5.34. The van der Waals surface area contributed by atoms with E-state index in [2.05, 4.69) is 20.7 Å². The minimum Gasteiger partial charge on any atom is -0.195 e. The maximum atomic E-state index is 12.0. The molecular weight excluding hydrogens is 280 g/mol. The molecule has 0 radical (unpaired) electrons. The minimum atomic E-state index is -3.30. The summed E-state index contributed by atoms with van der Waals surface area (Å²) in [6.45, 7) is 4.74. The molecule has 0 saturated heterocycles. The number of rotatable bonds is 6. The van der Waals surface area contributed by atoms with Gasteiger partial charge in [0, 0.05) is 24.0 Å². The van der Waals surface area contributed by atoms with Gasteiger partial charge in [-0.1, -0.05) is 29.8 Å². The molecule has 0 unspecified atom stereocenters. The van der Waals surface area contributed by atoms with Crippen molar-refractivity contribution in [1.29, 1.82) is 0 Å². The maximum absolute atomic E-state index is 12.0. The average Bonchev–Trinajstić information content (AvgIpc) is 2.13. The van der Waals surface area contributed by atoms with E-state index in [1.54, 1.807) is 0 Å². The molecule has 6 heteroatoms. The molecule has 1 fully saturated rings. The van der Waals surface area contributed by atoms with Crippen molar-refractivity contribution in [2.45, 2.75) is 38.6 Å². The van der Waals surface area contributed by atoms with E-state index in [0.29, 0.717) is 18.4 Å². The minimum absolute atomic E-state index is 0.235. The number of hydrogen-bond acceptors (Lipinski definition) is 2. The van der Waals surface area contributed by atoms with Crippen molar-refractivity contribution in [3.63, 3.8) is 0 Å². The van der Waals surface area contributed by atoms with Crippen LogP contribution in [-0.2, 0) is 10.2 Å². The van der Waals surface area contributed by atoms with E-state index in [4.69, 9.17) is 0 Å². The molecule has 1 saturated carbocycles. The van der Waals surface area contributed by atoms with Gasteiger partial charge in [0.05, 0.1) is 0 Å². The van der Waals surface area contributed by atoms with Crippen LogP contribution in [0.5, 0.6) is 0 Å². The molecule has 0 heterocycles. The summed E-state index contributed by atoms with van der Waals surface area (Å²) in [5.74, 6) is 0. The molecule has 1 aliphatic carbocycles. The Labute approximate surface area is 101 Å². The van der Waals surface area contributed by atoms with Crippen molar-refractivity contribution < 1.29 is 8.42 Å². The van der Waals surface area contributed by atoms with E-state index in [9.17, 15) is 8.42 Å². The molecule has 0 aromatic heterocycles. The van der Waals surface area contributed by atoms with E-state index in [1.807, 2.05) is 13.8 Å². The Morgan fingerprint density at radius 1 is 1.33 bits per heavy atom. The lowest BCUT2D eigenvalue weighted by Crippen LogP contribution is -2.58. The first-order chi connectivity index (χ1) is 6.99. The van der Waals surface area contributed by atoms with Crippen molar-refractivity contribution in [2.75, 3.05) is 18.4 Å². The predicted octanol–water partition coefficient (Wildman–Crippen LogP) is 1.48. The van der Waals surface area contributed by atoms with Gasteiger partial charge in [0.25, 0.3) is 10.2 Å². The first kappa shape index (κ1) is 13.4. The predicted molar refractivity (Wildman–Crippen MR) is 65.4 cm³/mol. The monoisotopic (exact) mass is 298 g/mol. The highest BCUT2D eigenvalue weighted by Crippen LogP contribution is 2.34. The second-order valence-corrected chi connectivity index (χ2v) is 6.19. The highest BCUT2D eigenvalue weighted by atomic mass is 79.9. The van der Waals surface area contributed by atoms with Gasteiger partial charge in [0.2, 0.25) is 0 Å². The standard InChI is InChI=1S/C9H19BrN2O2S/c1-3-12(4-2)15(13,14)11-9(8-10)6-5-7-9/h11H,3-8H2,1-2H3. The van der Waals surface area contributed by atoms with Crippen LogP contribution in [0.1, 0.15) is 33.1 Å². The molecule has 0 spiro atoms. The van der Waals surface area contributed by atoms with E-state index >= 15 is 0 Å². The SMILES string of the molecule is CCN(CC)S(=O)(=O)NC1(CBr)CCC1. The van der Waals surface area contributed by atoms with Gasteiger partial charge in [-0.3, -0.25) is 0 Å². The molecule has 0 bridgehead atoms. The Balaban J connectivity index is 2.70. The van der Waals surface area contributed by atoms with Gasteiger partial charge in [-0.2, -0.15) is 17.4 Å². The van der Waals surface area contributed by atoms with Crippen molar-refractivity contribution in [2.24, 2.45) is 0 Å². The normalized spacial score (nSPS) is 20.3. The Morgan fingerprint density at radius 2 is 1.87 bits per heavy atom. The van der Waals surface area contributed by atoms with Gasteiger partial charge in [-0.15, -0.1) is 0 Å². The van der Waals surface area contributed by atoms with Crippen LogP contribution < -0.4 is 4.72 Å². The topological polar surface area (TPSA) is 49.4 Å². The summed E-state index contributed by atoms with van der Waals surface area (Å²) < 4.78 is 28.2. The third kappa shape index (κ3) is 2.93. The van der Waals surface area contributed by atoms with Crippen LogP contribution in [0.3, 0.4) is 0 Å². The summed E-state index contributed by atoms with van der Waals surface area (Å²) in [7, 11) is -3.30. The first-order valence-corrected chi connectivity index (χ1v) is 7.91. The quantitative estimate of drug-likeness (QED) is 0.755. The highest BCUT2D eigenvalue weighted by molar-refractivity contribution is 9.09. The largest absolute Gasteiger partial charge is 0.279 e. The molecule has 4 nitrogen and oxygen atoms in total. The molecular formula is C9H19BrN2O2S. The van der Waals surface area contributed by atoms with Gasteiger partial charge in [0.15, 0.2) is 0 Å². The second kappa shape index (κ2) is 5.12. The summed E-state index contributed by atoms with van der Waals surface area (Å²) in [6, 6.07) is 0. The van der Waals surface area contributed by atoms with Crippen LogP contribution in [0.25, 0.3) is 0 Å². The lowest BCUT2D eigenvalue weighted by Gasteiger charge is -2.41. The zero-order valence-corrected chi connectivity index (χ0v) is 11.7. The third-order valence-corrected chi connectivity index (χ3v) is 5.92. The molecule has 0 aromatic rings. The fourth-order valence-corrected chi connectivity index (χ4v) is 4.29. The number of hydrogen-bond donors (Lipinski definition) is 1. The molecule has 15 heavy (non-hydrogen) atoms. The van der Waals surface area contributed by atoms with E-state index in [0.717, 1.165) is 19.3 Å². The smallest absolute Gasteiger partial charge is 0.195 e. The van der Waals surface area contributed by atoms with Gasteiger partial charge >= 0.3 is 0 Å². The van der Waals surface area contributed by atoms with Crippen molar-refractivity contribution >= 4 is 26.1 Å². The summed E-state index contributed by atoms with van der Waals surface area (Å²) in [5, 5.41) is 0.695. The van der Waals surface area contributed by atoms with Gasteiger partial charge < -0.3 is 0 Å². The molecule has 0 atom stereocenters. The number of alkyl halides is 1. The second-order valence-electron chi connectivity index (χ2n) is 3.96.